The van der Waals surface area contributed by atoms with E-state index in [4.69, 9.17) is 0 Å². The molecule has 0 unspecified atom stereocenters. The van der Waals surface area contributed by atoms with E-state index in [0.29, 0.717) is 0 Å². The van der Waals surface area contributed by atoms with Crippen molar-refractivity contribution in [2.24, 2.45) is 0 Å². The highest BCUT2D eigenvalue weighted by atomic mass is 32.1. The van der Waals surface area contributed by atoms with Crippen LogP contribution in [0.25, 0.3) is 0 Å². The molecule has 1 heterocycles. The summed E-state index contributed by atoms with van der Waals surface area (Å²) in [6.07, 6.45) is 0. The van der Waals surface area contributed by atoms with Crippen molar-refractivity contribution in [2.75, 3.05) is 0 Å². The number of ketones is 1. The molecule has 0 spiro atoms. The molecule has 0 atom stereocenters. The van der Waals surface area contributed by atoms with Crippen LogP contribution in [0, 0.1) is 5.82 Å². The first-order chi connectivity index (χ1) is 4.22. The van der Waals surface area contributed by atoms with Crippen molar-refractivity contribution in [3.63, 3.8) is 0 Å². The maximum atomic E-state index is 12.4. The highest BCUT2D eigenvalue weighted by molar-refractivity contribution is 7.08. The Hall–Kier alpha value is -0.700. The van der Waals surface area contributed by atoms with Crippen LogP contribution in [-0.2, 0) is 0 Å². The van der Waals surface area contributed by atoms with Crippen molar-refractivity contribution in [2.45, 2.75) is 6.92 Å². The molecule has 0 saturated carbocycles. The van der Waals surface area contributed by atoms with Crippen molar-refractivity contribution in [3.8, 4) is 0 Å². The number of hydrogen-bond donors (Lipinski definition) is 0. The van der Waals surface area contributed by atoms with Gasteiger partial charge in [-0.2, -0.15) is 0 Å². The zero-order chi connectivity index (χ0) is 6.85. The molecule has 48 valence electrons. The lowest BCUT2D eigenvalue weighted by Gasteiger charge is -1.84. The maximum Gasteiger partial charge on any atom is 0.163 e. The fourth-order valence-electron chi connectivity index (χ4n) is 0.533. The first kappa shape index (κ1) is 6.42. The topological polar surface area (TPSA) is 17.1 Å². The van der Waals surface area contributed by atoms with E-state index in [2.05, 4.69) is 0 Å². The third-order valence-electron chi connectivity index (χ3n) is 0.994. The number of carbonyl (C=O) groups excluding carboxylic acids is 1. The fourth-order valence-corrected chi connectivity index (χ4v) is 1.26. The third kappa shape index (κ3) is 1.16. The first-order valence-corrected chi connectivity index (χ1v) is 3.38. The number of thiophene rings is 1. The molecular formula is C6H5FOS. The smallest absolute Gasteiger partial charge is 0.163 e. The standard InChI is InChI=1S/C6H5FOS/c1-4(8)5-2-9-3-6(5)7/h2-3H,1H3. The SMILES string of the molecule is CC(=O)c1cscc1F. The van der Waals surface area contributed by atoms with Crippen LogP contribution < -0.4 is 0 Å². The molecule has 1 aromatic heterocycles. The van der Waals surface area contributed by atoms with Crippen LogP contribution in [0.4, 0.5) is 4.39 Å². The molecule has 3 heteroatoms. The largest absolute Gasteiger partial charge is 0.294 e. The minimum absolute atomic E-state index is 0.194. The summed E-state index contributed by atoms with van der Waals surface area (Å²) in [6, 6.07) is 0. The zero-order valence-electron chi connectivity index (χ0n) is 4.85. The van der Waals surface area contributed by atoms with Gasteiger partial charge in [-0.15, -0.1) is 11.3 Å². The van der Waals surface area contributed by atoms with Gasteiger partial charge in [0, 0.05) is 10.8 Å². The lowest BCUT2D eigenvalue weighted by molar-refractivity contribution is 0.101. The highest BCUT2D eigenvalue weighted by Crippen LogP contribution is 2.12. The molecule has 0 aliphatic heterocycles. The van der Waals surface area contributed by atoms with Crippen LogP contribution in [0.2, 0.25) is 0 Å². The second kappa shape index (κ2) is 2.27. The Labute approximate surface area is 56.1 Å². The van der Waals surface area contributed by atoms with E-state index >= 15 is 0 Å². The number of halogens is 1. The molecule has 0 saturated heterocycles. The van der Waals surface area contributed by atoms with Gasteiger partial charge < -0.3 is 0 Å². The average Bonchev–Trinajstić information content (AvgIpc) is 2.13. The molecule has 9 heavy (non-hydrogen) atoms. The normalized spacial score (nSPS) is 9.56. The van der Waals surface area contributed by atoms with E-state index < -0.39 is 5.82 Å². The van der Waals surface area contributed by atoms with Crippen LogP contribution >= 0.6 is 11.3 Å². The average molecular weight is 144 g/mol. The van der Waals surface area contributed by atoms with Gasteiger partial charge in [-0.05, 0) is 6.92 Å². The van der Waals surface area contributed by atoms with E-state index in [1.165, 1.54) is 29.0 Å². The predicted octanol–water partition coefficient (Wildman–Crippen LogP) is 2.09. The molecule has 0 aromatic carbocycles. The van der Waals surface area contributed by atoms with Crippen LogP contribution in [-0.4, -0.2) is 5.78 Å². The molecule has 0 N–H and O–H groups in total. The Balaban J connectivity index is 3.08. The molecule has 0 bridgehead atoms. The minimum atomic E-state index is -0.410. The maximum absolute atomic E-state index is 12.4. The Morgan fingerprint density at radius 3 is 2.56 bits per heavy atom. The summed E-state index contributed by atoms with van der Waals surface area (Å²) in [7, 11) is 0. The fraction of sp³-hybridized carbons (Fsp3) is 0.167. The van der Waals surface area contributed by atoms with E-state index in [1.54, 1.807) is 0 Å². The Morgan fingerprint density at radius 2 is 2.33 bits per heavy atom. The molecule has 0 radical (unpaired) electrons. The van der Waals surface area contributed by atoms with E-state index in [-0.39, 0.29) is 11.3 Å². The van der Waals surface area contributed by atoms with Gasteiger partial charge in [0.15, 0.2) is 5.78 Å². The Morgan fingerprint density at radius 1 is 1.67 bits per heavy atom. The second-order valence-corrected chi connectivity index (χ2v) is 2.43. The lowest BCUT2D eigenvalue weighted by atomic mass is 10.2. The van der Waals surface area contributed by atoms with E-state index in [1.807, 2.05) is 0 Å². The molecule has 0 aliphatic rings. The number of carbonyl (C=O) groups is 1. The third-order valence-corrected chi connectivity index (χ3v) is 1.71. The molecule has 1 nitrogen and oxygen atoms in total. The predicted molar refractivity (Wildman–Crippen MR) is 34.3 cm³/mol. The van der Waals surface area contributed by atoms with Crippen molar-refractivity contribution in [3.05, 3.63) is 22.1 Å². The summed E-state index contributed by atoms with van der Waals surface area (Å²) < 4.78 is 12.4. The van der Waals surface area contributed by atoms with Gasteiger partial charge in [0.25, 0.3) is 0 Å². The van der Waals surface area contributed by atoms with Gasteiger partial charge in [0.05, 0.1) is 5.56 Å². The summed E-state index contributed by atoms with van der Waals surface area (Å²) in [6.45, 7) is 1.35. The summed E-state index contributed by atoms with van der Waals surface area (Å²) in [5, 5.41) is 2.83. The second-order valence-electron chi connectivity index (χ2n) is 1.69. The van der Waals surface area contributed by atoms with Gasteiger partial charge in [-0.1, -0.05) is 0 Å². The molecule has 0 amide bonds. The monoisotopic (exact) mass is 144 g/mol. The van der Waals surface area contributed by atoms with Crippen LogP contribution in [0.1, 0.15) is 17.3 Å². The van der Waals surface area contributed by atoms with E-state index in [9.17, 15) is 9.18 Å². The van der Waals surface area contributed by atoms with Crippen LogP contribution in [0.15, 0.2) is 10.8 Å². The van der Waals surface area contributed by atoms with Gasteiger partial charge in [0.1, 0.15) is 5.82 Å². The summed E-state index contributed by atoms with van der Waals surface area (Å²) >= 11 is 1.20. The van der Waals surface area contributed by atoms with E-state index in [0.717, 1.165) is 0 Å². The molecule has 1 rings (SSSR count). The molecular weight excluding hydrogens is 139 g/mol. The highest BCUT2D eigenvalue weighted by Gasteiger charge is 2.05. The Bertz CT molecular complexity index is 229. The lowest BCUT2D eigenvalue weighted by Crippen LogP contribution is -1.90. The summed E-state index contributed by atoms with van der Waals surface area (Å²) in [5.41, 5.74) is 0.194. The number of Topliss-reactive ketones (excluding diaryl/α,β-unsaturated/α-hetero) is 1. The van der Waals surface area contributed by atoms with Crippen molar-refractivity contribution in [1.82, 2.24) is 0 Å². The van der Waals surface area contributed by atoms with Crippen molar-refractivity contribution < 1.29 is 9.18 Å². The van der Waals surface area contributed by atoms with Gasteiger partial charge in [-0.3, -0.25) is 4.79 Å². The van der Waals surface area contributed by atoms with Crippen LogP contribution in [0.5, 0.6) is 0 Å². The quantitative estimate of drug-likeness (QED) is 0.551. The summed E-state index contributed by atoms with van der Waals surface area (Å²) in [4.78, 5) is 10.5. The van der Waals surface area contributed by atoms with Gasteiger partial charge >= 0.3 is 0 Å². The van der Waals surface area contributed by atoms with Crippen LogP contribution in [0.3, 0.4) is 0 Å². The van der Waals surface area contributed by atoms with Gasteiger partial charge in [0.2, 0.25) is 0 Å². The molecule has 0 fully saturated rings. The number of hydrogen-bond acceptors (Lipinski definition) is 2. The van der Waals surface area contributed by atoms with Gasteiger partial charge in [-0.25, -0.2) is 4.39 Å². The zero-order valence-corrected chi connectivity index (χ0v) is 5.67. The van der Waals surface area contributed by atoms with Crippen molar-refractivity contribution >= 4 is 17.1 Å². The number of rotatable bonds is 1. The molecule has 0 aliphatic carbocycles. The first-order valence-electron chi connectivity index (χ1n) is 2.44. The minimum Gasteiger partial charge on any atom is -0.294 e. The molecule has 1 aromatic rings. The van der Waals surface area contributed by atoms with Crippen molar-refractivity contribution in [1.29, 1.82) is 0 Å². The Kier molecular flexibility index (Phi) is 1.62. The summed E-state index contributed by atoms with van der Waals surface area (Å²) in [5.74, 6) is -0.624.